The molecule has 1 heterocycles. The van der Waals surface area contributed by atoms with E-state index in [-0.39, 0.29) is 0 Å². The number of nitrogens with zero attached hydrogens (tertiary/aromatic N) is 2. The van der Waals surface area contributed by atoms with Gasteiger partial charge in [-0.15, -0.1) is 0 Å². The smallest absolute Gasteiger partial charge is 0.0992 e. The van der Waals surface area contributed by atoms with Crippen LogP contribution in [0, 0.1) is 17.2 Å². The second kappa shape index (κ2) is 6.27. The van der Waals surface area contributed by atoms with Gasteiger partial charge in [0, 0.05) is 12.6 Å². The lowest BCUT2D eigenvalue weighted by Crippen LogP contribution is -2.39. The van der Waals surface area contributed by atoms with E-state index in [0.29, 0.717) is 22.5 Å². The highest BCUT2D eigenvalue weighted by Crippen LogP contribution is 2.27. The molecule has 1 aliphatic rings. The van der Waals surface area contributed by atoms with Gasteiger partial charge in [0.15, 0.2) is 0 Å². The summed E-state index contributed by atoms with van der Waals surface area (Å²) in [5.74, 6) is 0.644. The van der Waals surface area contributed by atoms with E-state index < -0.39 is 0 Å². The summed E-state index contributed by atoms with van der Waals surface area (Å²) in [7, 11) is 2.17. The molecule has 3 nitrogen and oxygen atoms in total. The third-order valence-corrected chi connectivity index (χ3v) is 4.16. The molecular weight excluding hydrogens is 258 g/mol. The summed E-state index contributed by atoms with van der Waals surface area (Å²) in [5, 5.41) is 12.9. The van der Waals surface area contributed by atoms with Crippen LogP contribution in [0.1, 0.15) is 25.3 Å². The Morgan fingerprint density at radius 3 is 2.95 bits per heavy atom. The Labute approximate surface area is 120 Å². The van der Waals surface area contributed by atoms with Crippen LogP contribution >= 0.6 is 11.6 Å². The molecule has 2 rings (SSSR count). The Balaban J connectivity index is 2.02. The first-order chi connectivity index (χ1) is 9.10. The Morgan fingerprint density at radius 1 is 1.53 bits per heavy atom. The molecule has 1 saturated heterocycles. The number of hydrogen-bond donors (Lipinski definition) is 1. The van der Waals surface area contributed by atoms with E-state index in [0.717, 1.165) is 12.2 Å². The minimum atomic E-state index is 0.383. The van der Waals surface area contributed by atoms with Gasteiger partial charge in [0.1, 0.15) is 0 Å². The summed E-state index contributed by atoms with van der Waals surface area (Å²) in [6.07, 6.45) is 2.51. The molecule has 2 atom stereocenters. The quantitative estimate of drug-likeness (QED) is 0.921. The number of nitrogens with one attached hydrogen (secondary N) is 1. The number of benzene rings is 1. The van der Waals surface area contributed by atoms with Crippen molar-refractivity contribution >= 4 is 17.3 Å². The van der Waals surface area contributed by atoms with Gasteiger partial charge in [0.2, 0.25) is 0 Å². The Hall–Kier alpha value is -1.24. The first-order valence-electron chi connectivity index (χ1n) is 6.75. The first kappa shape index (κ1) is 14.2. The summed E-state index contributed by atoms with van der Waals surface area (Å²) < 4.78 is 0. The number of halogens is 1. The summed E-state index contributed by atoms with van der Waals surface area (Å²) in [6, 6.07) is 7.89. The second-order valence-corrected chi connectivity index (χ2v) is 5.81. The van der Waals surface area contributed by atoms with E-state index in [2.05, 4.69) is 30.3 Å². The predicted molar refractivity (Wildman–Crippen MR) is 79.5 cm³/mol. The molecule has 102 valence electrons. The molecule has 2 unspecified atom stereocenters. The van der Waals surface area contributed by atoms with E-state index in [1.807, 2.05) is 6.07 Å². The zero-order chi connectivity index (χ0) is 13.8. The maximum atomic E-state index is 8.83. The van der Waals surface area contributed by atoms with Gasteiger partial charge in [-0.1, -0.05) is 11.6 Å². The molecule has 0 bridgehead atoms. The lowest BCUT2D eigenvalue weighted by Gasteiger charge is -2.34. The average molecular weight is 278 g/mol. The average Bonchev–Trinajstić information content (AvgIpc) is 2.41. The predicted octanol–water partition coefficient (Wildman–Crippen LogP) is 3.35. The normalized spacial score (nSPS) is 21.7. The monoisotopic (exact) mass is 277 g/mol. The number of anilines is 1. The molecule has 0 aliphatic carbocycles. The summed E-state index contributed by atoms with van der Waals surface area (Å²) in [4.78, 5) is 2.38. The zero-order valence-electron chi connectivity index (χ0n) is 11.5. The number of rotatable bonds is 3. The standard InChI is InChI=1S/C15H20ClN3/c1-11(13-4-3-7-19(2)10-13)18-15-6-5-12(9-17)8-14(15)16/h5-6,8,11,13,18H,3-4,7,10H2,1-2H3. The molecule has 0 radical (unpaired) electrons. The molecule has 1 aromatic rings. The molecule has 0 spiro atoms. The molecule has 1 N–H and O–H groups in total. The number of hydrogen-bond acceptors (Lipinski definition) is 3. The summed E-state index contributed by atoms with van der Waals surface area (Å²) >= 11 is 6.20. The van der Waals surface area contributed by atoms with Gasteiger partial charge < -0.3 is 10.2 Å². The maximum Gasteiger partial charge on any atom is 0.0992 e. The topological polar surface area (TPSA) is 39.1 Å². The van der Waals surface area contributed by atoms with Crippen LogP contribution < -0.4 is 5.32 Å². The molecule has 1 aromatic carbocycles. The van der Waals surface area contributed by atoms with Crippen LogP contribution in [0.4, 0.5) is 5.69 Å². The van der Waals surface area contributed by atoms with E-state index in [4.69, 9.17) is 16.9 Å². The molecule has 0 amide bonds. The second-order valence-electron chi connectivity index (χ2n) is 5.40. The third kappa shape index (κ3) is 3.62. The van der Waals surface area contributed by atoms with E-state index in [9.17, 15) is 0 Å². The zero-order valence-corrected chi connectivity index (χ0v) is 12.2. The van der Waals surface area contributed by atoms with Gasteiger partial charge in [-0.2, -0.15) is 5.26 Å². The lowest BCUT2D eigenvalue weighted by atomic mass is 9.91. The fourth-order valence-electron chi connectivity index (χ4n) is 2.68. The minimum Gasteiger partial charge on any atom is -0.381 e. The van der Waals surface area contributed by atoms with Crippen molar-refractivity contribution in [3.63, 3.8) is 0 Å². The molecule has 0 saturated carbocycles. The summed E-state index contributed by atoms with van der Waals surface area (Å²) in [6.45, 7) is 4.53. The molecular formula is C15H20ClN3. The molecule has 19 heavy (non-hydrogen) atoms. The van der Waals surface area contributed by atoms with Gasteiger partial charge in [-0.3, -0.25) is 0 Å². The highest BCUT2D eigenvalue weighted by atomic mass is 35.5. The third-order valence-electron chi connectivity index (χ3n) is 3.85. The van der Waals surface area contributed by atoms with E-state index in [1.54, 1.807) is 12.1 Å². The van der Waals surface area contributed by atoms with Crippen molar-refractivity contribution in [3.05, 3.63) is 28.8 Å². The lowest BCUT2D eigenvalue weighted by molar-refractivity contribution is 0.197. The van der Waals surface area contributed by atoms with Gasteiger partial charge in [-0.05, 0) is 57.5 Å². The van der Waals surface area contributed by atoms with Crippen LogP contribution in [0.25, 0.3) is 0 Å². The fourth-order valence-corrected chi connectivity index (χ4v) is 2.91. The van der Waals surface area contributed by atoms with Crippen LogP contribution in [0.3, 0.4) is 0 Å². The molecule has 1 fully saturated rings. The van der Waals surface area contributed by atoms with Crippen molar-refractivity contribution in [2.24, 2.45) is 5.92 Å². The van der Waals surface area contributed by atoms with Crippen molar-refractivity contribution < 1.29 is 0 Å². The van der Waals surface area contributed by atoms with Crippen molar-refractivity contribution in [2.45, 2.75) is 25.8 Å². The van der Waals surface area contributed by atoms with Crippen LogP contribution in [-0.2, 0) is 0 Å². The Kier molecular flexibility index (Phi) is 4.68. The van der Waals surface area contributed by atoms with Crippen molar-refractivity contribution in [3.8, 4) is 6.07 Å². The van der Waals surface area contributed by atoms with Crippen LogP contribution in [0.15, 0.2) is 18.2 Å². The van der Waals surface area contributed by atoms with Gasteiger partial charge in [-0.25, -0.2) is 0 Å². The van der Waals surface area contributed by atoms with Gasteiger partial charge in [0.25, 0.3) is 0 Å². The maximum absolute atomic E-state index is 8.83. The fraction of sp³-hybridized carbons (Fsp3) is 0.533. The molecule has 4 heteroatoms. The van der Waals surface area contributed by atoms with Crippen LogP contribution in [0.5, 0.6) is 0 Å². The highest BCUT2D eigenvalue weighted by molar-refractivity contribution is 6.33. The van der Waals surface area contributed by atoms with Crippen LogP contribution in [-0.4, -0.2) is 31.1 Å². The number of nitriles is 1. The number of likely N-dealkylation sites (tertiary alicyclic amines) is 1. The van der Waals surface area contributed by atoms with Crippen molar-refractivity contribution in [1.82, 2.24) is 4.90 Å². The Bertz CT molecular complexity index is 481. The van der Waals surface area contributed by atoms with E-state index in [1.165, 1.54) is 19.4 Å². The first-order valence-corrected chi connectivity index (χ1v) is 7.12. The SMILES string of the molecule is CC(Nc1ccc(C#N)cc1Cl)C1CCCN(C)C1. The molecule has 0 aromatic heterocycles. The largest absolute Gasteiger partial charge is 0.381 e. The van der Waals surface area contributed by atoms with E-state index >= 15 is 0 Å². The van der Waals surface area contributed by atoms with Gasteiger partial charge >= 0.3 is 0 Å². The van der Waals surface area contributed by atoms with Crippen molar-refractivity contribution in [2.75, 3.05) is 25.5 Å². The summed E-state index contributed by atoms with van der Waals surface area (Å²) in [5.41, 5.74) is 1.52. The number of piperidine rings is 1. The van der Waals surface area contributed by atoms with Crippen LogP contribution in [0.2, 0.25) is 5.02 Å². The highest BCUT2D eigenvalue weighted by Gasteiger charge is 2.23. The minimum absolute atomic E-state index is 0.383. The van der Waals surface area contributed by atoms with Gasteiger partial charge in [0.05, 0.1) is 22.3 Å². The van der Waals surface area contributed by atoms with Crippen molar-refractivity contribution in [1.29, 1.82) is 5.26 Å². The molecule has 1 aliphatic heterocycles. The Morgan fingerprint density at radius 2 is 2.32 bits per heavy atom.